The van der Waals surface area contributed by atoms with Crippen molar-refractivity contribution in [1.29, 1.82) is 0 Å². The van der Waals surface area contributed by atoms with Crippen LogP contribution in [-0.4, -0.2) is 19.8 Å². The Morgan fingerprint density at radius 3 is 2.85 bits per heavy atom. The smallest absolute Gasteiger partial charge is 0.235 e. The fraction of sp³-hybridized carbons (Fsp3) is 0.278. The van der Waals surface area contributed by atoms with Crippen LogP contribution in [0.3, 0.4) is 0 Å². The highest BCUT2D eigenvalue weighted by atomic mass is 35.5. The number of hydrogen-bond donors (Lipinski definition) is 0. The van der Waals surface area contributed by atoms with Gasteiger partial charge in [-0.2, -0.15) is 9.61 Å². The first-order chi connectivity index (χ1) is 12.8. The van der Waals surface area contributed by atoms with Crippen molar-refractivity contribution >= 4 is 39.2 Å². The fourth-order valence-electron chi connectivity index (χ4n) is 3.21. The van der Waals surface area contributed by atoms with Crippen LogP contribution in [0.25, 0.3) is 15.5 Å². The average Bonchev–Trinajstić information content (AvgIpc) is 3.35. The Labute approximate surface area is 163 Å². The molecule has 132 valence electrons. The summed E-state index contributed by atoms with van der Waals surface area (Å²) in [5.41, 5.74) is 2.75. The molecule has 0 amide bonds. The molecule has 0 unspecified atom stereocenters. The van der Waals surface area contributed by atoms with E-state index in [1.165, 1.54) is 35.3 Å². The highest BCUT2D eigenvalue weighted by Gasteiger charge is 2.20. The standard InChI is InChI=1S/C18H15ClN4OS2/c19-11-5-7-12(8-6-11)24-9-16-20-21-18-23(16)22-17(26-18)14-10-25-15-4-2-1-3-13(14)15/h5-8,10H,1-4,9H2. The maximum atomic E-state index is 5.90. The van der Waals surface area contributed by atoms with Gasteiger partial charge in [0.15, 0.2) is 5.82 Å². The molecule has 0 fully saturated rings. The zero-order chi connectivity index (χ0) is 17.5. The first kappa shape index (κ1) is 16.2. The molecule has 0 aliphatic heterocycles. The molecule has 0 spiro atoms. The zero-order valence-electron chi connectivity index (χ0n) is 13.8. The van der Waals surface area contributed by atoms with Crippen molar-refractivity contribution in [2.75, 3.05) is 0 Å². The summed E-state index contributed by atoms with van der Waals surface area (Å²) in [4.78, 5) is 2.31. The van der Waals surface area contributed by atoms with Crippen LogP contribution in [0.2, 0.25) is 5.02 Å². The molecule has 1 aliphatic carbocycles. The van der Waals surface area contributed by atoms with Gasteiger partial charge in [-0.05, 0) is 55.5 Å². The van der Waals surface area contributed by atoms with E-state index in [1.807, 2.05) is 23.5 Å². The van der Waals surface area contributed by atoms with Crippen molar-refractivity contribution < 1.29 is 4.74 Å². The van der Waals surface area contributed by atoms with Crippen LogP contribution < -0.4 is 4.74 Å². The molecule has 0 bridgehead atoms. The van der Waals surface area contributed by atoms with E-state index in [4.69, 9.17) is 21.4 Å². The van der Waals surface area contributed by atoms with Crippen LogP contribution >= 0.6 is 34.3 Å². The fourth-order valence-corrected chi connectivity index (χ4v) is 5.44. The first-order valence-electron chi connectivity index (χ1n) is 8.47. The second-order valence-corrected chi connectivity index (χ2v) is 8.58. The van der Waals surface area contributed by atoms with Crippen LogP contribution in [0.15, 0.2) is 29.6 Å². The number of benzene rings is 1. The molecule has 3 aromatic heterocycles. The number of rotatable bonds is 4. The van der Waals surface area contributed by atoms with Crippen molar-refractivity contribution in [1.82, 2.24) is 19.8 Å². The molecule has 0 saturated heterocycles. The molecule has 0 N–H and O–H groups in total. The lowest BCUT2D eigenvalue weighted by Crippen LogP contribution is -2.02. The van der Waals surface area contributed by atoms with E-state index < -0.39 is 0 Å². The number of aryl methyl sites for hydroxylation is 1. The van der Waals surface area contributed by atoms with Crippen molar-refractivity contribution in [3.63, 3.8) is 0 Å². The van der Waals surface area contributed by atoms with E-state index in [0.717, 1.165) is 22.1 Å². The molecule has 8 heteroatoms. The molecule has 5 nitrogen and oxygen atoms in total. The van der Waals surface area contributed by atoms with Gasteiger partial charge < -0.3 is 4.74 Å². The minimum Gasteiger partial charge on any atom is -0.486 e. The maximum absolute atomic E-state index is 5.90. The molecule has 4 aromatic rings. The molecular formula is C18H15ClN4OS2. The number of thiophene rings is 1. The number of hydrogen-bond acceptors (Lipinski definition) is 6. The third-order valence-electron chi connectivity index (χ3n) is 4.53. The van der Waals surface area contributed by atoms with Gasteiger partial charge >= 0.3 is 0 Å². The topological polar surface area (TPSA) is 52.3 Å². The first-order valence-corrected chi connectivity index (χ1v) is 10.5. The van der Waals surface area contributed by atoms with Gasteiger partial charge in [-0.3, -0.25) is 0 Å². The normalized spacial score (nSPS) is 13.9. The van der Waals surface area contributed by atoms with Crippen LogP contribution in [0.1, 0.15) is 29.1 Å². The Balaban J connectivity index is 1.42. The van der Waals surface area contributed by atoms with Crippen molar-refractivity contribution in [2.24, 2.45) is 0 Å². The van der Waals surface area contributed by atoms with Gasteiger partial charge in [0.25, 0.3) is 0 Å². The molecule has 1 aliphatic rings. The minimum absolute atomic E-state index is 0.313. The van der Waals surface area contributed by atoms with E-state index in [2.05, 4.69) is 15.6 Å². The lowest BCUT2D eigenvalue weighted by atomic mass is 9.96. The van der Waals surface area contributed by atoms with Crippen LogP contribution in [0.4, 0.5) is 0 Å². The SMILES string of the molecule is Clc1ccc(OCc2nnc3sc(-c4csc5c4CCCC5)nn23)cc1. The summed E-state index contributed by atoms with van der Waals surface area (Å²) in [5.74, 6) is 1.44. The molecular weight excluding hydrogens is 388 g/mol. The van der Waals surface area contributed by atoms with Crippen LogP contribution in [0, 0.1) is 0 Å². The zero-order valence-corrected chi connectivity index (χ0v) is 16.2. The largest absolute Gasteiger partial charge is 0.486 e. The number of fused-ring (bicyclic) bond motifs is 2. The summed E-state index contributed by atoms with van der Waals surface area (Å²) in [7, 11) is 0. The quantitative estimate of drug-likeness (QED) is 0.480. The lowest BCUT2D eigenvalue weighted by molar-refractivity contribution is 0.293. The maximum Gasteiger partial charge on any atom is 0.235 e. The van der Waals surface area contributed by atoms with Crippen molar-refractivity contribution in [3.8, 4) is 16.3 Å². The molecule has 3 heterocycles. The summed E-state index contributed by atoms with van der Waals surface area (Å²) in [6, 6.07) is 7.28. The second kappa shape index (κ2) is 6.64. The Bertz CT molecular complexity index is 1070. The van der Waals surface area contributed by atoms with Crippen LogP contribution in [0.5, 0.6) is 5.75 Å². The van der Waals surface area contributed by atoms with Gasteiger partial charge in [0.05, 0.1) is 0 Å². The minimum atomic E-state index is 0.313. The molecule has 5 rings (SSSR count). The average molecular weight is 403 g/mol. The monoisotopic (exact) mass is 402 g/mol. The highest BCUT2D eigenvalue weighted by Crippen LogP contribution is 2.38. The van der Waals surface area contributed by atoms with Gasteiger partial charge in [0.2, 0.25) is 4.96 Å². The summed E-state index contributed by atoms with van der Waals surface area (Å²) in [6.45, 7) is 0.313. The second-order valence-electron chi connectivity index (χ2n) is 6.22. The molecule has 0 radical (unpaired) electrons. The summed E-state index contributed by atoms with van der Waals surface area (Å²) < 4.78 is 7.58. The van der Waals surface area contributed by atoms with E-state index in [9.17, 15) is 0 Å². The van der Waals surface area contributed by atoms with Gasteiger partial charge in [-0.25, -0.2) is 0 Å². The van der Waals surface area contributed by atoms with Gasteiger partial charge in [0.1, 0.15) is 17.4 Å². The summed E-state index contributed by atoms with van der Waals surface area (Å²) in [6.07, 6.45) is 4.91. The van der Waals surface area contributed by atoms with E-state index in [-0.39, 0.29) is 0 Å². The number of halogens is 1. The lowest BCUT2D eigenvalue weighted by Gasteiger charge is -2.11. The summed E-state index contributed by atoms with van der Waals surface area (Å²) in [5, 5.41) is 17.2. The van der Waals surface area contributed by atoms with Crippen LogP contribution in [-0.2, 0) is 19.4 Å². The summed E-state index contributed by atoms with van der Waals surface area (Å²) >= 11 is 9.34. The highest BCUT2D eigenvalue weighted by molar-refractivity contribution is 7.20. The Hall–Kier alpha value is -1.96. The van der Waals surface area contributed by atoms with Gasteiger partial charge in [-0.1, -0.05) is 22.9 Å². The third kappa shape index (κ3) is 2.90. The van der Waals surface area contributed by atoms with Gasteiger partial charge in [0, 0.05) is 20.8 Å². The third-order valence-corrected chi connectivity index (χ3v) is 6.80. The molecule has 0 saturated carbocycles. The van der Waals surface area contributed by atoms with Crippen molar-refractivity contribution in [2.45, 2.75) is 32.3 Å². The number of aromatic nitrogens is 4. The van der Waals surface area contributed by atoms with E-state index in [0.29, 0.717) is 17.5 Å². The van der Waals surface area contributed by atoms with Gasteiger partial charge in [-0.15, -0.1) is 21.5 Å². The molecule has 1 aromatic carbocycles. The number of ether oxygens (including phenoxy) is 1. The Morgan fingerprint density at radius 2 is 1.96 bits per heavy atom. The van der Waals surface area contributed by atoms with E-state index >= 15 is 0 Å². The molecule has 0 atom stereocenters. The Kier molecular flexibility index (Phi) is 4.15. The Morgan fingerprint density at radius 1 is 1.12 bits per heavy atom. The predicted octanol–water partition coefficient (Wildman–Crippen LogP) is 5.03. The van der Waals surface area contributed by atoms with Crippen molar-refractivity contribution in [3.05, 3.63) is 50.9 Å². The molecule has 26 heavy (non-hydrogen) atoms. The predicted molar refractivity (Wildman–Crippen MR) is 104 cm³/mol. The van der Waals surface area contributed by atoms with E-state index in [1.54, 1.807) is 28.0 Å². The number of nitrogens with zero attached hydrogens (tertiary/aromatic N) is 4.